The SMILES string of the molecule is O=C1CCC(C(=O)N(CC(F)(F)F)C2CC2)CN1. The lowest BCUT2D eigenvalue weighted by Gasteiger charge is -2.30. The molecule has 4 nitrogen and oxygen atoms in total. The largest absolute Gasteiger partial charge is 0.406 e. The van der Waals surface area contributed by atoms with Crippen LogP contribution in [-0.2, 0) is 9.59 Å². The van der Waals surface area contributed by atoms with Gasteiger partial charge in [0.15, 0.2) is 0 Å². The molecule has 18 heavy (non-hydrogen) atoms. The fourth-order valence-electron chi connectivity index (χ4n) is 2.14. The van der Waals surface area contributed by atoms with Gasteiger partial charge in [-0.25, -0.2) is 0 Å². The molecule has 0 aromatic carbocycles. The van der Waals surface area contributed by atoms with E-state index in [1.165, 1.54) is 0 Å². The van der Waals surface area contributed by atoms with Crippen LogP contribution in [0, 0.1) is 5.92 Å². The van der Waals surface area contributed by atoms with Crippen LogP contribution in [0.15, 0.2) is 0 Å². The zero-order chi connectivity index (χ0) is 13.3. The van der Waals surface area contributed by atoms with Crippen LogP contribution in [0.3, 0.4) is 0 Å². The Morgan fingerprint density at radius 1 is 1.33 bits per heavy atom. The summed E-state index contributed by atoms with van der Waals surface area (Å²) in [5.74, 6) is -1.13. The second kappa shape index (κ2) is 4.78. The van der Waals surface area contributed by atoms with E-state index in [2.05, 4.69) is 5.32 Å². The fraction of sp³-hybridized carbons (Fsp3) is 0.818. The minimum Gasteiger partial charge on any atom is -0.355 e. The second-order valence-corrected chi connectivity index (χ2v) is 4.85. The Bertz CT molecular complexity index is 343. The first-order valence-electron chi connectivity index (χ1n) is 6.01. The molecule has 2 fully saturated rings. The molecule has 1 saturated carbocycles. The first-order chi connectivity index (χ1) is 8.37. The van der Waals surface area contributed by atoms with Crippen molar-refractivity contribution in [3.63, 3.8) is 0 Å². The van der Waals surface area contributed by atoms with E-state index in [1.807, 2.05) is 0 Å². The lowest BCUT2D eigenvalue weighted by Crippen LogP contribution is -2.48. The van der Waals surface area contributed by atoms with Gasteiger partial charge in [0.2, 0.25) is 11.8 Å². The molecule has 102 valence electrons. The maximum Gasteiger partial charge on any atom is 0.406 e. The standard InChI is InChI=1S/C11H15F3N2O2/c12-11(13,14)6-16(8-2-3-8)10(18)7-1-4-9(17)15-5-7/h7-8H,1-6H2,(H,15,17). The third kappa shape index (κ3) is 3.36. The average Bonchev–Trinajstić information content (AvgIpc) is 3.08. The van der Waals surface area contributed by atoms with E-state index in [0.29, 0.717) is 19.3 Å². The number of alkyl halides is 3. The van der Waals surface area contributed by atoms with E-state index < -0.39 is 24.5 Å². The van der Waals surface area contributed by atoms with Gasteiger partial charge in [-0.3, -0.25) is 9.59 Å². The molecule has 0 spiro atoms. The van der Waals surface area contributed by atoms with E-state index in [4.69, 9.17) is 0 Å². The molecule has 0 bridgehead atoms. The summed E-state index contributed by atoms with van der Waals surface area (Å²) in [6.07, 6.45) is -2.54. The Balaban J connectivity index is 1.97. The van der Waals surface area contributed by atoms with Crippen LogP contribution in [0.25, 0.3) is 0 Å². The highest BCUT2D eigenvalue weighted by Gasteiger charge is 2.42. The molecule has 0 aromatic heterocycles. The highest BCUT2D eigenvalue weighted by molar-refractivity contribution is 5.84. The number of hydrogen-bond donors (Lipinski definition) is 1. The van der Waals surface area contributed by atoms with Gasteiger partial charge in [0, 0.05) is 19.0 Å². The predicted molar refractivity (Wildman–Crippen MR) is 56.5 cm³/mol. The van der Waals surface area contributed by atoms with Crippen molar-refractivity contribution < 1.29 is 22.8 Å². The monoisotopic (exact) mass is 264 g/mol. The van der Waals surface area contributed by atoms with Gasteiger partial charge in [0.05, 0.1) is 5.92 Å². The highest BCUT2D eigenvalue weighted by atomic mass is 19.4. The van der Waals surface area contributed by atoms with Crippen molar-refractivity contribution >= 4 is 11.8 Å². The molecule has 2 rings (SSSR count). The minimum absolute atomic E-state index is 0.146. The van der Waals surface area contributed by atoms with Gasteiger partial charge in [0.1, 0.15) is 6.54 Å². The van der Waals surface area contributed by atoms with Gasteiger partial charge in [-0.05, 0) is 19.3 Å². The number of nitrogens with one attached hydrogen (secondary N) is 1. The van der Waals surface area contributed by atoms with Crippen molar-refractivity contribution in [2.45, 2.75) is 37.9 Å². The Hall–Kier alpha value is -1.27. The minimum atomic E-state index is -4.36. The molecule has 1 unspecified atom stereocenters. The van der Waals surface area contributed by atoms with Gasteiger partial charge in [-0.1, -0.05) is 0 Å². The number of amides is 2. The van der Waals surface area contributed by atoms with Crippen LogP contribution >= 0.6 is 0 Å². The Labute approximate surface area is 103 Å². The number of piperidine rings is 1. The number of nitrogens with zero attached hydrogens (tertiary/aromatic N) is 1. The van der Waals surface area contributed by atoms with Gasteiger partial charge in [0.25, 0.3) is 0 Å². The van der Waals surface area contributed by atoms with Gasteiger partial charge in [-0.2, -0.15) is 13.2 Å². The van der Waals surface area contributed by atoms with E-state index in [0.717, 1.165) is 4.90 Å². The van der Waals surface area contributed by atoms with Crippen LogP contribution in [0.4, 0.5) is 13.2 Å². The van der Waals surface area contributed by atoms with Crippen LogP contribution in [0.1, 0.15) is 25.7 Å². The maximum absolute atomic E-state index is 12.4. The first-order valence-corrected chi connectivity index (χ1v) is 6.01. The van der Waals surface area contributed by atoms with Gasteiger partial charge in [-0.15, -0.1) is 0 Å². The van der Waals surface area contributed by atoms with Crippen molar-refractivity contribution in [3.05, 3.63) is 0 Å². The zero-order valence-electron chi connectivity index (χ0n) is 9.79. The molecule has 1 heterocycles. The highest BCUT2D eigenvalue weighted by Crippen LogP contribution is 2.32. The molecule has 2 amide bonds. The fourth-order valence-corrected chi connectivity index (χ4v) is 2.14. The van der Waals surface area contributed by atoms with Crippen LogP contribution in [0.2, 0.25) is 0 Å². The molecule has 0 radical (unpaired) electrons. The maximum atomic E-state index is 12.4. The topological polar surface area (TPSA) is 49.4 Å². The molecule has 1 N–H and O–H groups in total. The molecule has 1 aliphatic carbocycles. The van der Waals surface area contributed by atoms with Crippen molar-refractivity contribution in [3.8, 4) is 0 Å². The average molecular weight is 264 g/mol. The third-order valence-corrected chi connectivity index (χ3v) is 3.24. The predicted octanol–water partition coefficient (Wildman–Crippen LogP) is 1.07. The summed E-state index contributed by atoms with van der Waals surface area (Å²) < 4.78 is 37.3. The molecular weight excluding hydrogens is 249 g/mol. The Morgan fingerprint density at radius 2 is 2.00 bits per heavy atom. The Kier molecular flexibility index (Phi) is 3.49. The summed E-state index contributed by atoms with van der Waals surface area (Å²) >= 11 is 0. The second-order valence-electron chi connectivity index (χ2n) is 4.85. The molecule has 0 aromatic rings. The van der Waals surface area contributed by atoms with Crippen LogP contribution < -0.4 is 5.32 Å². The van der Waals surface area contributed by atoms with E-state index in [9.17, 15) is 22.8 Å². The third-order valence-electron chi connectivity index (χ3n) is 3.24. The van der Waals surface area contributed by atoms with Crippen LogP contribution in [0.5, 0.6) is 0 Å². The summed E-state index contributed by atoms with van der Waals surface area (Å²) in [5, 5.41) is 2.52. The number of carbonyl (C=O) groups is 2. The summed E-state index contributed by atoms with van der Waals surface area (Å²) in [5.41, 5.74) is 0. The van der Waals surface area contributed by atoms with E-state index >= 15 is 0 Å². The molecule has 1 aliphatic heterocycles. The molecular formula is C11H15F3N2O2. The number of hydrogen-bond acceptors (Lipinski definition) is 2. The first kappa shape index (κ1) is 13.2. The molecule has 2 aliphatic rings. The van der Waals surface area contributed by atoms with Crippen molar-refractivity contribution in [1.29, 1.82) is 0 Å². The quantitative estimate of drug-likeness (QED) is 0.828. The van der Waals surface area contributed by atoms with E-state index in [-0.39, 0.29) is 24.9 Å². The van der Waals surface area contributed by atoms with Gasteiger partial charge < -0.3 is 10.2 Å². The lowest BCUT2D eigenvalue weighted by atomic mass is 9.97. The number of halogens is 3. The van der Waals surface area contributed by atoms with Crippen molar-refractivity contribution in [2.24, 2.45) is 5.92 Å². The summed E-state index contributed by atoms with van der Waals surface area (Å²) in [4.78, 5) is 23.9. The van der Waals surface area contributed by atoms with E-state index in [1.54, 1.807) is 0 Å². The number of carbonyl (C=O) groups excluding carboxylic acids is 2. The molecule has 7 heteroatoms. The molecule has 1 saturated heterocycles. The summed E-state index contributed by atoms with van der Waals surface area (Å²) in [6.45, 7) is -1.03. The summed E-state index contributed by atoms with van der Waals surface area (Å²) in [6, 6.07) is -0.267. The van der Waals surface area contributed by atoms with Crippen molar-refractivity contribution in [2.75, 3.05) is 13.1 Å². The lowest BCUT2D eigenvalue weighted by molar-refractivity contribution is -0.165. The van der Waals surface area contributed by atoms with Crippen molar-refractivity contribution in [1.82, 2.24) is 10.2 Å². The molecule has 1 atom stereocenters. The van der Waals surface area contributed by atoms with Crippen LogP contribution in [-0.4, -0.2) is 42.0 Å². The summed E-state index contributed by atoms with van der Waals surface area (Å²) in [7, 11) is 0. The Morgan fingerprint density at radius 3 is 2.44 bits per heavy atom. The smallest absolute Gasteiger partial charge is 0.355 e. The zero-order valence-corrected chi connectivity index (χ0v) is 9.79. The normalized spacial score (nSPS) is 24.6. The van der Waals surface area contributed by atoms with Gasteiger partial charge >= 0.3 is 6.18 Å². The number of rotatable bonds is 3.